The number of hydrogen-bond acceptors (Lipinski definition) is 6. The van der Waals surface area contributed by atoms with Crippen LogP contribution in [0.5, 0.6) is 5.75 Å². The lowest BCUT2D eigenvalue weighted by Gasteiger charge is -2.23. The zero-order valence-corrected chi connectivity index (χ0v) is 18.3. The summed E-state index contributed by atoms with van der Waals surface area (Å²) in [5, 5.41) is 15.5. The summed E-state index contributed by atoms with van der Waals surface area (Å²) < 4.78 is 33.2. The standard InChI is InChI=1S/C23H21N3O5S/c1-16-3-13-21(14-4-16)32(29,30)25-23(18-5-9-19(10-6-18)26(27)28)15-22(24-25)17-7-11-20(31-2)12-8-17/h3-14,23H,15H2,1-2H3/t23-/m0/s1. The first kappa shape index (κ1) is 21.5. The number of sulfonamides is 1. The van der Waals surface area contributed by atoms with Crippen LogP contribution in [-0.2, 0) is 10.0 Å². The van der Waals surface area contributed by atoms with Gasteiger partial charge in [0.1, 0.15) is 5.75 Å². The summed E-state index contributed by atoms with van der Waals surface area (Å²) in [6.45, 7) is 1.88. The van der Waals surface area contributed by atoms with Crippen LogP contribution in [-0.4, -0.2) is 30.6 Å². The van der Waals surface area contributed by atoms with E-state index in [1.165, 1.54) is 12.1 Å². The van der Waals surface area contributed by atoms with Gasteiger partial charge in [-0.2, -0.15) is 17.9 Å². The zero-order valence-electron chi connectivity index (χ0n) is 17.5. The van der Waals surface area contributed by atoms with E-state index >= 15 is 0 Å². The number of non-ortho nitro benzene ring substituents is 1. The van der Waals surface area contributed by atoms with Crippen molar-refractivity contribution in [2.45, 2.75) is 24.3 Å². The van der Waals surface area contributed by atoms with Gasteiger partial charge in [-0.1, -0.05) is 29.8 Å². The van der Waals surface area contributed by atoms with E-state index in [0.717, 1.165) is 15.5 Å². The first-order valence-corrected chi connectivity index (χ1v) is 11.3. The van der Waals surface area contributed by atoms with Gasteiger partial charge in [0.2, 0.25) is 0 Å². The molecule has 0 spiro atoms. The average Bonchev–Trinajstić information content (AvgIpc) is 3.26. The fourth-order valence-corrected chi connectivity index (χ4v) is 4.99. The van der Waals surface area contributed by atoms with Gasteiger partial charge in [-0.3, -0.25) is 10.1 Å². The minimum Gasteiger partial charge on any atom is -0.497 e. The third-order valence-corrected chi connectivity index (χ3v) is 7.05. The maximum atomic E-state index is 13.5. The number of benzene rings is 3. The molecule has 0 saturated carbocycles. The summed E-state index contributed by atoms with van der Waals surface area (Å²) >= 11 is 0. The van der Waals surface area contributed by atoms with Crippen LogP contribution in [0.3, 0.4) is 0 Å². The monoisotopic (exact) mass is 451 g/mol. The van der Waals surface area contributed by atoms with Gasteiger partial charge in [0.15, 0.2) is 0 Å². The zero-order chi connectivity index (χ0) is 22.9. The molecule has 8 nitrogen and oxygen atoms in total. The maximum absolute atomic E-state index is 13.5. The Balaban J connectivity index is 1.77. The van der Waals surface area contributed by atoms with Crippen LogP contribution in [0.15, 0.2) is 82.8 Å². The summed E-state index contributed by atoms with van der Waals surface area (Å²) in [7, 11) is -2.37. The summed E-state index contributed by atoms with van der Waals surface area (Å²) in [5.41, 5.74) is 2.89. The molecule has 0 bridgehead atoms. The quantitative estimate of drug-likeness (QED) is 0.407. The fraction of sp³-hybridized carbons (Fsp3) is 0.174. The highest BCUT2D eigenvalue weighted by Gasteiger charge is 2.37. The van der Waals surface area contributed by atoms with Crippen molar-refractivity contribution in [2.24, 2.45) is 5.10 Å². The summed E-state index contributed by atoms with van der Waals surface area (Å²) in [6, 6.07) is 19.1. The molecule has 0 radical (unpaired) electrons. The Labute approximate surface area is 186 Å². The van der Waals surface area contributed by atoms with E-state index in [1.807, 2.05) is 19.1 Å². The number of aryl methyl sites for hydroxylation is 1. The predicted molar refractivity (Wildman–Crippen MR) is 120 cm³/mol. The number of hydrogen-bond donors (Lipinski definition) is 0. The molecule has 1 heterocycles. The fourth-order valence-electron chi connectivity index (χ4n) is 3.55. The number of ether oxygens (including phenoxy) is 1. The van der Waals surface area contributed by atoms with Crippen molar-refractivity contribution in [3.05, 3.63) is 99.6 Å². The smallest absolute Gasteiger partial charge is 0.279 e. The Bertz CT molecular complexity index is 1270. The molecule has 0 aromatic heterocycles. The molecule has 3 aromatic carbocycles. The van der Waals surface area contributed by atoms with Crippen molar-refractivity contribution in [1.82, 2.24) is 4.41 Å². The van der Waals surface area contributed by atoms with E-state index in [9.17, 15) is 18.5 Å². The van der Waals surface area contributed by atoms with Crippen LogP contribution < -0.4 is 4.74 Å². The van der Waals surface area contributed by atoms with Gasteiger partial charge in [0, 0.05) is 18.6 Å². The molecular formula is C23H21N3O5S. The molecule has 1 aliphatic rings. The van der Waals surface area contributed by atoms with Crippen LogP contribution in [0.4, 0.5) is 5.69 Å². The summed E-state index contributed by atoms with van der Waals surface area (Å²) in [6.07, 6.45) is 0.329. The molecule has 164 valence electrons. The second-order valence-corrected chi connectivity index (χ2v) is 9.23. The van der Waals surface area contributed by atoms with Gasteiger partial charge >= 0.3 is 0 Å². The lowest BCUT2D eigenvalue weighted by molar-refractivity contribution is -0.384. The highest BCUT2D eigenvalue weighted by molar-refractivity contribution is 7.89. The number of rotatable bonds is 6. The molecular weight excluding hydrogens is 430 g/mol. The maximum Gasteiger partial charge on any atom is 0.279 e. The van der Waals surface area contributed by atoms with E-state index in [4.69, 9.17) is 4.74 Å². The Morgan fingerprint density at radius 1 is 1.00 bits per heavy atom. The first-order valence-electron chi connectivity index (χ1n) is 9.87. The number of nitro benzene ring substituents is 1. The lowest BCUT2D eigenvalue weighted by Crippen LogP contribution is -2.27. The second kappa shape index (κ2) is 8.43. The molecule has 1 aliphatic heterocycles. The normalized spacial score (nSPS) is 16.0. The number of methoxy groups -OCH3 is 1. The summed E-state index contributed by atoms with van der Waals surface area (Å²) in [5.74, 6) is 0.684. The molecule has 3 aromatic rings. The van der Waals surface area contributed by atoms with Gasteiger partial charge in [-0.05, 0) is 54.4 Å². The SMILES string of the molecule is COc1ccc(C2=NN(S(=O)(=O)c3ccc(C)cc3)[C@H](c3ccc([N+](=O)[O-])cc3)C2)cc1. The molecule has 9 heteroatoms. The van der Waals surface area contributed by atoms with Crippen LogP contribution in [0.25, 0.3) is 0 Å². The van der Waals surface area contributed by atoms with Crippen LogP contribution in [0.1, 0.15) is 29.2 Å². The largest absolute Gasteiger partial charge is 0.497 e. The number of nitro groups is 1. The Morgan fingerprint density at radius 2 is 1.62 bits per heavy atom. The summed E-state index contributed by atoms with van der Waals surface area (Å²) in [4.78, 5) is 10.7. The Kier molecular flexibility index (Phi) is 5.67. The van der Waals surface area contributed by atoms with Gasteiger partial charge in [0.25, 0.3) is 15.7 Å². The van der Waals surface area contributed by atoms with E-state index in [1.54, 1.807) is 55.6 Å². The molecule has 1 atom stereocenters. The highest BCUT2D eigenvalue weighted by Crippen LogP contribution is 2.37. The van der Waals surface area contributed by atoms with Gasteiger partial charge in [-0.25, -0.2) is 0 Å². The van der Waals surface area contributed by atoms with Crippen molar-refractivity contribution in [2.75, 3.05) is 7.11 Å². The van der Waals surface area contributed by atoms with Crippen molar-refractivity contribution >= 4 is 21.4 Å². The van der Waals surface area contributed by atoms with Crippen LogP contribution >= 0.6 is 0 Å². The molecule has 32 heavy (non-hydrogen) atoms. The second-order valence-electron chi connectivity index (χ2n) is 7.43. The number of nitrogens with zero attached hydrogens (tertiary/aromatic N) is 3. The van der Waals surface area contributed by atoms with Gasteiger partial charge < -0.3 is 4.74 Å². The van der Waals surface area contributed by atoms with E-state index in [0.29, 0.717) is 23.4 Å². The van der Waals surface area contributed by atoms with Crippen LogP contribution in [0.2, 0.25) is 0 Å². The Hall–Kier alpha value is -3.72. The minimum absolute atomic E-state index is 0.0593. The minimum atomic E-state index is -3.95. The third-order valence-electron chi connectivity index (χ3n) is 5.35. The van der Waals surface area contributed by atoms with Gasteiger partial charge in [0.05, 0.1) is 28.7 Å². The molecule has 0 N–H and O–H groups in total. The first-order chi connectivity index (χ1) is 15.3. The van der Waals surface area contributed by atoms with Crippen molar-refractivity contribution in [3.8, 4) is 5.75 Å². The number of hydrazone groups is 1. The van der Waals surface area contributed by atoms with Crippen molar-refractivity contribution < 1.29 is 18.1 Å². The van der Waals surface area contributed by atoms with E-state index < -0.39 is 21.0 Å². The Morgan fingerprint density at radius 3 is 2.19 bits per heavy atom. The van der Waals surface area contributed by atoms with Gasteiger partial charge in [-0.15, -0.1) is 0 Å². The van der Waals surface area contributed by atoms with Crippen LogP contribution in [0, 0.1) is 17.0 Å². The molecule has 0 amide bonds. The van der Waals surface area contributed by atoms with Crippen molar-refractivity contribution in [1.29, 1.82) is 0 Å². The van der Waals surface area contributed by atoms with E-state index in [2.05, 4.69) is 5.10 Å². The third kappa shape index (κ3) is 4.06. The van der Waals surface area contributed by atoms with Crippen molar-refractivity contribution in [3.63, 3.8) is 0 Å². The molecule has 0 aliphatic carbocycles. The highest BCUT2D eigenvalue weighted by atomic mass is 32.2. The predicted octanol–water partition coefficient (Wildman–Crippen LogP) is 4.45. The topological polar surface area (TPSA) is 102 Å². The molecule has 4 rings (SSSR count). The molecule has 0 fully saturated rings. The average molecular weight is 452 g/mol. The van der Waals surface area contributed by atoms with E-state index in [-0.39, 0.29) is 10.6 Å². The molecule has 0 unspecified atom stereocenters. The lowest BCUT2D eigenvalue weighted by atomic mass is 9.99. The molecule has 0 saturated heterocycles.